The van der Waals surface area contributed by atoms with E-state index in [0.29, 0.717) is 22.6 Å². The summed E-state index contributed by atoms with van der Waals surface area (Å²) in [5.41, 5.74) is 2.76. The number of nitrogens with zero attached hydrogens (tertiary/aromatic N) is 3. The van der Waals surface area contributed by atoms with Gasteiger partial charge in [-0.1, -0.05) is 6.07 Å². The molecule has 5 nitrogen and oxygen atoms in total. The highest BCUT2D eigenvalue weighted by Gasteiger charge is 2.10. The zero-order valence-corrected chi connectivity index (χ0v) is 18.8. The number of carbonyl (C=O) groups excluding carboxylic acids is 1. The van der Waals surface area contributed by atoms with Gasteiger partial charge < -0.3 is 9.88 Å². The number of thiazole rings is 1. The number of hydrogen-bond acceptors (Lipinski definition) is 5. The van der Waals surface area contributed by atoms with Crippen molar-refractivity contribution in [3.63, 3.8) is 0 Å². The molecule has 0 atom stereocenters. The summed E-state index contributed by atoms with van der Waals surface area (Å²) in [7, 11) is 0. The molecule has 1 N–H and O–H groups in total. The Labute approximate surface area is 188 Å². The summed E-state index contributed by atoms with van der Waals surface area (Å²) in [6.07, 6.45) is 3.35. The molecule has 0 aliphatic rings. The zero-order valence-electron chi connectivity index (χ0n) is 17.1. The highest BCUT2D eigenvalue weighted by molar-refractivity contribution is 7.98. The fourth-order valence-corrected chi connectivity index (χ4v) is 4.62. The van der Waals surface area contributed by atoms with Crippen LogP contribution in [0, 0.1) is 19.7 Å². The van der Waals surface area contributed by atoms with Gasteiger partial charge in [-0.15, -0.1) is 23.1 Å². The van der Waals surface area contributed by atoms with Crippen LogP contribution in [0.3, 0.4) is 0 Å². The van der Waals surface area contributed by atoms with Gasteiger partial charge in [0.05, 0.1) is 16.4 Å². The third-order valence-electron chi connectivity index (χ3n) is 4.72. The Morgan fingerprint density at radius 3 is 2.65 bits per heavy atom. The summed E-state index contributed by atoms with van der Waals surface area (Å²) in [5.74, 6) is 0.963. The Morgan fingerprint density at radius 2 is 2.00 bits per heavy atom. The van der Waals surface area contributed by atoms with E-state index in [1.54, 1.807) is 64.3 Å². The minimum Gasteiger partial charge on any atom is -0.348 e. The van der Waals surface area contributed by atoms with Crippen molar-refractivity contribution in [1.29, 1.82) is 0 Å². The summed E-state index contributed by atoms with van der Waals surface area (Å²) >= 11 is 3.33. The van der Waals surface area contributed by atoms with Crippen molar-refractivity contribution < 1.29 is 9.18 Å². The first kappa shape index (κ1) is 21.3. The quantitative estimate of drug-likeness (QED) is 0.386. The van der Waals surface area contributed by atoms with Crippen molar-refractivity contribution in [2.24, 2.45) is 0 Å². The molecule has 8 heteroatoms. The Kier molecular flexibility index (Phi) is 6.48. The monoisotopic (exact) mass is 452 g/mol. The van der Waals surface area contributed by atoms with Crippen molar-refractivity contribution >= 4 is 29.0 Å². The first-order valence-corrected chi connectivity index (χ1v) is 11.6. The number of aromatic nitrogens is 3. The average Bonchev–Trinajstić information content (AvgIpc) is 3.39. The molecule has 0 spiro atoms. The second-order valence-corrected chi connectivity index (χ2v) is 9.09. The predicted molar refractivity (Wildman–Crippen MR) is 122 cm³/mol. The largest absolute Gasteiger partial charge is 0.348 e. The van der Waals surface area contributed by atoms with Crippen molar-refractivity contribution in [3.05, 3.63) is 93.7 Å². The maximum Gasteiger partial charge on any atom is 0.251 e. The number of imidazole rings is 1. The first-order valence-electron chi connectivity index (χ1n) is 9.70. The number of aryl methyl sites for hydroxylation is 2. The Morgan fingerprint density at radius 1 is 1.19 bits per heavy atom. The van der Waals surface area contributed by atoms with E-state index >= 15 is 0 Å². The number of benzene rings is 2. The molecular formula is C23H21FN4OS2. The number of hydrogen-bond donors (Lipinski definition) is 1. The van der Waals surface area contributed by atoms with Gasteiger partial charge in [-0.25, -0.2) is 14.4 Å². The Balaban J connectivity index is 1.33. The van der Waals surface area contributed by atoms with E-state index in [1.807, 2.05) is 26.0 Å². The molecule has 0 bridgehead atoms. The van der Waals surface area contributed by atoms with Crippen LogP contribution in [0.1, 0.15) is 32.4 Å². The molecule has 0 radical (unpaired) electrons. The Bertz CT molecular complexity index is 1200. The number of rotatable bonds is 7. The maximum absolute atomic E-state index is 14.5. The van der Waals surface area contributed by atoms with E-state index in [1.165, 1.54) is 6.07 Å². The molecule has 0 saturated carbocycles. The molecule has 0 saturated heterocycles. The van der Waals surface area contributed by atoms with Crippen molar-refractivity contribution in [2.45, 2.75) is 31.0 Å². The third-order valence-corrected chi connectivity index (χ3v) is 6.59. The summed E-state index contributed by atoms with van der Waals surface area (Å²) in [6, 6.07) is 12.4. The van der Waals surface area contributed by atoms with Gasteiger partial charge in [0.15, 0.2) is 0 Å². The van der Waals surface area contributed by atoms with Crippen LogP contribution in [0.5, 0.6) is 0 Å². The molecule has 2 heterocycles. The molecule has 2 aromatic heterocycles. The number of halogens is 1. The lowest BCUT2D eigenvalue weighted by Crippen LogP contribution is -2.22. The van der Waals surface area contributed by atoms with Crippen LogP contribution >= 0.6 is 23.1 Å². The average molecular weight is 453 g/mol. The molecule has 0 fully saturated rings. The molecule has 31 heavy (non-hydrogen) atoms. The van der Waals surface area contributed by atoms with Crippen molar-refractivity contribution in [3.8, 4) is 5.69 Å². The van der Waals surface area contributed by atoms with E-state index in [9.17, 15) is 9.18 Å². The van der Waals surface area contributed by atoms with E-state index in [-0.39, 0.29) is 18.3 Å². The van der Waals surface area contributed by atoms with E-state index in [0.717, 1.165) is 21.3 Å². The van der Waals surface area contributed by atoms with Crippen LogP contribution in [0.15, 0.2) is 65.1 Å². The van der Waals surface area contributed by atoms with Gasteiger partial charge in [0.2, 0.25) is 0 Å². The van der Waals surface area contributed by atoms with Crippen LogP contribution in [0.2, 0.25) is 0 Å². The molecule has 0 aliphatic heterocycles. The summed E-state index contributed by atoms with van der Waals surface area (Å²) in [6.45, 7) is 4.06. The third kappa shape index (κ3) is 5.21. The zero-order chi connectivity index (χ0) is 21.8. The Hall–Kier alpha value is -2.97. The normalized spacial score (nSPS) is 10.9. The van der Waals surface area contributed by atoms with Crippen LogP contribution in [-0.4, -0.2) is 20.4 Å². The van der Waals surface area contributed by atoms with E-state index < -0.39 is 0 Å². The van der Waals surface area contributed by atoms with Gasteiger partial charge in [0.25, 0.3) is 5.91 Å². The van der Waals surface area contributed by atoms with Crippen LogP contribution in [0.25, 0.3) is 5.69 Å². The van der Waals surface area contributed by atoms with Gasteiger partial charge in [-0.05, 0) is 55.8 Å². The highest BCUT2D eigenvalue weighted by atomic mass is 32.2. The molecule has 1 amide bonds. The van der Waals surface area contributed by atoms with Crippen molar-refractivity contribution in [1.82, 2.24) is 19.9 Å². The van der Waals surface area contributed by atoms with E-state index in [4.69, 9.17) is 0 Å². The summed E-state index contributed by atoms with van der Waals surface area (Å²) in [5, 5.41) is 5.98. The molecule has 158 valence electrons. The lowest BCUT2D eigenvalue weighted by Gasteiger charge is -2.10. The molecule has 0 unspecified atom stereocenters. The molecular weight excluding hydrogens is 431 g/mol. The van der Waals surface area contributed by atoms with Gasteiger partial charge in [-0.2, -0.15) is 0 Å². The number of amides is 1. The topological polar surface area (TPSA) is 59.8 Å². The van der Waals surface area contributed by atoms with Gasteiger partial charge >= 0.3 is 0 Å². The summed E-state index contributed by atoms with van der Waals surface area (Å²) in [4.78, 5) is 22.1. The highest BCUT2D eigenvalue weighted by Crippen LogP contribution is 2.24. The standard InChI is InChI=1S/C23H21FN4OS2/c1-15-25-9-10-28(15)22-8-3-17(11-21(22)24)12-26-23(29)18-4-6-20(7-5-18)31-14-19-13-30-16(2)27-19/h3-11,13H,12,14H2,1-2H3,(H,26,29). The lowest BCUT2D eigenvalue weighted by atomic mass is 10.1. The number of carbonyl (C=O) groups is 1. The smallest absolute Gasteiger partial charge is 0.251 e. The fourth-order valence-electron chi connectivity index (χ4n) is 3.11. The van der Waals surface area contributed by atoms with Crippen LogP contribution < -0.4 is 5.32 Å². The fraction of sp³-hybridized carbons (Fsp3) is 0.174. The first-order chi connectivity index (χ1) is 15.0. The van der Waals surface area contributed by atoms with E-state index in [2.05, 4.69) is 20.7 Å². The summed E-state index contributed by atoms with van der Waals surface area (Å²) < 4.78 is 16.2. The maximum atomic E-state index is 14.5. The number of nitrogens with one attached hydrogen (secondary N) is 1. The van der Waals surface area contributed by atoms with Crippen LogP contribution in [0.4, 0.5) is 4.39 Å². The van der Waals surface area contributed by atoms with Crippen LogP contribution in [-0.2, 0) is 12.3 Å². The second-order valence-electron chi connectivity index (χ2n) is 6.98. The SMILES string of the molecule is Cc1nc(CSc2ccc(C(=O)NCc3ccc(-n4ccnc4C)c(F)c3)cc2)cs1. The van der Waals surface area contributed by atoms with Gasteiger partial charge in [-0.3, -0.25) is 4.79 Å². The molecule has 4 rings (SSSR count). The lowest BCUT2D eigenvalue weighted by molar-refractivity contribution is 0.0951. The van der Waals surface area contributed by atoms with Crippen molar-refractivity contribution in [2.75, 3.05) is 0 Å². The molecule has 0 aliphatic carbocycles. The second kappa shape index (κ2) is 9.45. The molecule has 4 aromatic rings. The predicted octanol–water partition coefficient (Wildman–Crippen LogP) is 5.31. The minimum atomic E-state index is -0.357. The van der Waals surface area contributed by atoms with Gasteiger partial charge in [0, 0.05) is 40.5 Å². The number of thioether (sulfide) groups is 1. The molecule has 2 aromatic carbocycles. The minimum absolute atomic E-state index is 0.193. The van der Waals surface area contributed by atoms with Gasteiger partial charge in [0.1, 0.15) is 11.6 Å².